The van der Waals surface area contributed by atoms with Gasteiger partial charge in [-0.2, -0.15) is 0 Å². The largest absolute Gasteiger partial charge is 0.293 e. The highest BCUT2D eigenvalue weighted by atomic mass is 35.5. The molecule has 1 unspecified atom stereocenters. The summed E-state index contributed by atoms with van der Waals surface area (Å²) in [6, 6.07) is 8.82. The minimum Gasteiger partial charge on any atom is -0.293 e. The Kier molecular flexibility index (Phi) is 6.82. The van der Waals surface area contributed by atoms with Gasteiger partial charge >= 0.3 is 0 Å². The van der Waals surface area contributed by atoms with E-state index in [1.165, 1.54) is 0 Å². The van der Waals surface area contributed by atoms with E-state index in [1.807, 2.05) is 26.0 Å². The van der Waals surface area contributed by atoms with Gasteiger partial charge in [-0.3, -0.25) is 14.2 Å². The normalized spacial score (nSPS) is 16.3. The fourth-order valence-electron chi connectivity index (χ4n) is 4.46. The Morgan fingerprint density at radius 3 is 1.87 bits per heavy atom. The molecule has 0 amide bonds. The quantitative estimate of drug-likeness (QED) is 0.323. The number of benzene rings is 2. The maximum Gasteiger partial charge on any atom is 0.243 e. The summed E-state index contributed by atoms with van der Waals surface area (Å²) in [4.78, 5) is 27.2. The van der Waals surface area contributed by atoms with Crippen LogP contribution in [-0.4, -0.2) is 16.5 Å². The smallest absolute Gasteiger partial charge is 0.243 e. The molecule has 1 fully saturated rings. The van der Waals surface area contributed by atoms with E-state index >= 15 is 0 Å². The van der Waals surface area contributed by atoms with Crippen LogP contribution in [0.2, 0.25) is 10.0 Å². The molecule has 31 heavy (non-hydrogen) atoms. The lowest BCUT2D eigenvalue weighted by Crippen LogP contribution is -2.34. The first kappa shape index (κ1) is 24.1. The summed E-state index contributed by atoms with van der Waals surface area (Å²) in [5.41, 5.74) is 2.79. The van der Waals surface area contributed by atoms with E-state index in [2.05, 4.69) is 20.8 Å². The van der Waals surface area contributed by atoms with Gasteiger partial charge in [-0.25, -0.2) is 0 Å². The van der Waals surface area contributed by atoms with Crippen LogP contribution >= 0.6 is 31.0 Å². The fourth-order valence-corrected chi connectivity index (χ4v) is 6.99. The van der Waals surface area contributed by atoms with Gasteiger partial charge in [-0.05, 0) is 60.9 Å². The van der Waals surface area contributed by atoms with Gasteiger partial charge in [0.25, 0.3) is 0 Å². The second-order valence-electron chi connectivity index (χ2n) is 9.50. The third-order valence-electron chi connectivity index (χ3n) is 6.23. The van der Waals surface area contributed by atoms with E-state index < -0.39 is 18.5 Å². The average molecular weight is 478 g/mol. The lowest BCUT2D eigenvalue weighted by Gasteiger charge is -2.27. The SMILES string of the molecule is Cc1cc(C(C)(C)C)cc(C)c1C(=O)[P](=O)C1(C(=O)c2c(Cl)cccc2Cl)CCCC1. The van der Waals surface area contributed by atoms with Crippen molar-refractivity contribution < 1.29 is 14.2 Å². The first-order valence-corrected chi connectivity index (χ1v) is 12.5. The standard InChI is InChI=1S/C25H28Cl2O3P/c1-15-13-17(24(3,4)5)14-16(2)20(15)23(29)31(30)25(11-6-7-12-25)22(28)21-18(26)9-8-10-19(21)27/h8-10,13-14H,6-7,11-12H2,1-5H3. The first-order valence-electron chi connectivity index (χ1n) is 10.5. The molecule has 6 heteroatoms. The summed E-state index contributed by atoms with van der Waals surface area (Å²) < 4.78 is 13.8. The molecule has 1 aliphatic carbocycles. The Balaban J connectivity index is 2.07. The zero-order valence-electron chi connectivity index (χ0n) is 18.6. The predicted molar refractivity (Wildman–Crippen MR) is 129 cm³/mol. The molecule has 2 aromatic carbocycles. The molecular weight excluding hydrogens is 450 g/mol. The molecule has 1 saturated carbocycles. The number of halogens is 2. The number of aryl methyl sites for hydroxylation is 2. The van der Waals surface area contributed by atoms with Crippen LogP contribution < -0.4 is 0 Å². The lowest BCUT2D eigenvalue weighted by atomic mass is 9.84. The van der Waals surface area contributed by atoms with Crippen LogP contribution in [0.25, 0.3) is 0 Å². The van der Waals surface area contributed by atoms with Crippen LogP contribution in [0.1, 0.15) is 83.9 Å². The van der Waals surface area contributed by atoms with E-state index in [1.54, 1.807) is 18.2 Å². The Morgan fingerprint density at radius 1 is 0.935 bits per heavy atom. The maximum atomic E-state index is 13.8. The molecule has 0 aliphatic heterocycles. The minimum absolute atomic E-state index is 0.0667. The molecular formula is C25H28Cl2O3P. The summed E-state index contributed by atoms with van der Waals surface area (Å²) in [6.45, 7) is 10.1. The van der Waals surface area contributed by atoms with Crippen molar-refractivity contribution >= 4 is 42.3 Å². The summed E-state index contributed by atoms with van der Waals surface area (Å²) >= 11 is 12.6. The minimum atomic E-state index is -2.52. The van der Waals surface area contributed by atoms with E-state index in [0.717, 1.165) is 29.5 Å². The van der Waals surface area contributed by atoms with Crippen molar-refractivity contribution in [3.8, 4) is 0 Å². The van der Waals surface area contributed by atoms with E-state index in [-0.39, 0.29) is 26.8 Å². The van der Waals surface area contributed by atoms with Crippen LogP contribution in [0.5, 0.6) is 0 Å². The van der Waals surface area contributed by atoms with Crippen molar-refractivity contribution in [1.29, 1.82) is 0 Å². The van der Waals surface area contributed by atoms with Crippen LogP contribution in [0, 0.1) is 13.8 Å². The second kappa shape index (κ2) is 8.77. The Hall–Kier alpha value is -1.54. The monoisotopic (exact) mass is 477 g/mol. The van der Waals surface area contributed by atoms with Gasteiger partial charge in [0.15, 0.2) is 13.6 Å². The molecule has 3 rings (SSSR count). The molecule has 165 valence electrons. The Labute approximate surface area is 195 Å². The summed E-state index contributed by atoms with van der Waals surface area (Å²) in [7, 11) is -2.52. The average Bonchev–Trinajstić information content (AvgIpc) is 3.16. The third-order valence-corrected chi connectivity index (χ3v) is 8.88. The van der Waals surface area contributed by atoms with Crippen molar-refractivity contribution in [3.63, 3.8) is 0 Å². The molecule has 0 saturated heterocycles. The molecule has 0 bridgehead atoms. The van der Waals surface area contributed by atoms with Crippen molar-refractivity contribution in [1.82, 2.24) is 0 Å². The number of hydrogen-bond donors (Lipinski definition) is 0. The van der Waals surface area contributed by atoms with Crippen molar-refractivity contribution in [2.45, 2.75) is 70.9 Å². The molecule has 1 radical (unpaired) electrons. The van der Waals surface area contributed by atoms with Gasteiger partial charge in [0.2, 0.25) is 5.52 Å². The zero-order valence-corrected chi connectivity index (χ0v) is 21.0. The van der Waals surface area contributed by atoms with Crippen LogP contribution in [-0.2, 0) is 9.98 Å². The van der Waals surface area contributed by atoms with Crippen molar-refractivity contribution in [2.24, 2.45) is 0 Å². The van der Waals surface area contributed by atoms with Crippen molar-refractivity contribution in [2.75, 3.05) is 0 Å². The highest BCUT2D eigenvalue weighted by Crippen LogP contribution is 2.55. The molecule has 0 aromatic heterocycles. The number of carbonyl (C=O) groups excluding carboxylic acids is 2. The van der Waals surface area contributed by atoms with Gasteiger partial charge in [0.05, 0.1) is 15.6 Å². The molecule has 0 spiro atoms. The van der Waals surface area contributed by atoms with Crippen molar-refractivity contribution in [3.05, 3.63) is 68.2 Å². The number of ketones is 1. The molecule has 0 heterocycles. The zero-order chi connectivity index (χ0) is 23.1. The van der Waals surface area contributed by atoms with Gasteiger partial charge in [-0.1, -0.05) is 75.0 Å². The van der Waals surface area contributed by atoms with Gasteiger partial charge in [-0.15, -0.1) is 0 Å². The number of hydrogen-bond acceptors (Lipinski definition) is 3. The van der Waals surface area contributed by atoms with Gasteiger partial charge in [0, 0.05) is 5.56 Å². The highest BCUT2D eigenvalue weighted by Gasteiger charge is 2.51. The van der Waals surface area contributed by atoms with Crippen LogP contribution in [0.3, 0.4) is 0 Å². The van der Waals surface area contributed by atoms with E-state index in [4.69, 9.17) is 23.2 Å². The number of rotatable bonds is 5. The third kappa shape index (κ3) is 4.38. The summed E-state index contributed by atoms with van der Waals surface area (Å²) in [5, 5.41) is -0.814. The van der Waals surface area contributed by atoms with Crippen LogP contribution in [0.15, 0.2) is 30.3 Å². The summed E-state index contributed by atoms with van der Waals surface area (Å²) in [6.07, 6.45) is 2.27. The lowest BCUT2D eigenvalue weighted by molar-refractivity contribution is 0.0931. The molecule has 1 aliphatic rings. The second-order valence-corrected chi connectivity index (χ2v) is 12.2. The number of carbonyl (C=O) groups is 2. The molecule has 1 atom stereocenters. The predicted octanol–water partition coefficient (Wildman–Crippen LogP) is 8.07. The van der Waals surface area contributed by atoms with Gasteiger partial charge < -0.3 is 0 Å². The molecule has 3 nitrogen and oxygen atoms in total. The van der Waals surface area contributed by atoms with Crippen LogP contribution in [0.4, 0.5) is 0 Å². The number of Topliss-reactive ketones (excluding diaryl/α,β-unsaturated/α-hetero) is 1. The Morgan fingerprint density at radius 2 is 1.42 bits per heavy atom. The first-order chi connectivity index (χ1) is 14.4. The highest BCUT2D eigenvalue weighted by molar-refractivity contribution is 7.67. The maximum absolute atomic E-state index is 13.8. The topological polar surface area (TPSA) is 51.2 Å². The van der Waals surface area contributed by atoms with Gasteiger partial charge in [0.1, 0.15) is 5.16 Å². The molecule has 2 aromatic rings. The molecule has 0 N–H and O–H groups in total. The van der Waals surface area contributed by atoms with E-state index in [0.29, 0.717) is 18.4 Å². The Bertz CT molecular complexity index is 1030. The van der Waals surface area contributed by atoms with E-state index in [9.17, 15) is 14.2 Å². The summed E-state index contributed by atoms with van der Waals surface area (Å²) in [5.74, 6) is -0.378. The fraction of sp³-hybridized carbons (Fsp3) is 0.440.